The van der Waals surface area contributed by atoms with Gasteiger partial charge in [-0.1, -0.05) is 44.0 Å². The van der Waals surface area contributed by atoms with Crippen molar-refractivity contribution in [3.05, 3.63) is 35.4 Å². The van der Waals surface area contributed by atoms with Crippen LogP contribution >= 0.6 is 0 Å². The number of unbranched alkanes of at least 4 members (excludes halogenated alkanes) is 2. The van der Waals surface area contributed by atoms with Crippen molar-refractivity contribution in [1.82, 2.24) is 10.2 Å². The minimum atomic E-state index is -0.951. The number of hydrogen-bond acceptors (Lipinski definition) is 2. The third kappa shape index (κ3) is 3.74. The molecule has 1 atom stereocenters. The van der Waals surface area contributed by atoms with Crippen molar-refractivity contribution in [2.75, 3.05) is 6.54 Å². The molecule has 1 aliphatic rings. The van der Waals surface area contributed by atoms with E-state index in [1.807, 2.05) is 24.3 Å². The molecule has 0 fully saturated rings. The Labute approximate surface area is 125 Å². The van der Waals surface area contributed by atoms with E-state index < -0.39 is 12.0 Å². The highest BCUT2D eigenvalue weighted by atomic mass is 16.4. The normalized spacial score (nSPS) is 17.2. The van der Waals surface area contributed by atoms with Crippen LogP contribution in [0.1, 0.15) is 37.3 Å². The molecule has 0 bridgehead atoms. The molecule has 2 rings (SSSR count). The first-order valence-corrected chi connectivity index (χ1v) is 7.47. The van der Waals surface area contributed by atoms with Gasteiger partial charge in [-0.05, 0) is 17.5 Å². The van der Waals surface area contributed by atoms with Gasteiger partial charge in [-0.15, -0.1) is 0 Å². The summed E-state index contributed by atoms with van der Waals surface area (Å²) in [6.07, 6.45) is 3.44. The monoisotopic (exact) mass is 290 g/mol. The number of carboxylic acids is 1. The Kier molecular flexibility index (Phi) is 5.20. The molecule has 2 amide bonds. The lowest BCUT2D eigenvalue weighted by atomic mass is 9.94. The third-order valence-electron chi connectivity index (χ3n) is 3.85. The van der Waals surface area contributed by atoms with Crippen LogP contribution in [0, 0.1) is 0 Å². The standard InChI is InChI=1S/C16H22N2O3/c1-2-3-6-9-17-16(21)18-11-13-8-5-4-7-12(13)10-14(18)15(19)20/h4-5,7-8,14H,2-3,6,9-11H2,1H3,(H,17,21)(H,19,20)/t14-/m1/s1. The predicted molar refractivity (Wildman–Crippen MR) is 80.0 cm³/mol. The van der Waals surface area contributed by atoms with Crippen molar-refractivity contribution in [1.29, 1.82) is 0 Å². The maximum Gasteiger partial charge on any atom is 0.326 e. The molecule has 0 saturated carbocycles. The molecule has 0 aromatic heterocycles. The molecule has 1 aromatic carbocycles. The van der Waals surface area contributed by atoms with E-state index in [2.05, 4.69) is 12.2 Å². The molecule has 5 nitrogen and oxygen atoms in total. The first-order valence-electron chi connectivity index (χ1n) is 7.47. The highest BCUT2D eigenvalue weighted by molar-refractivity contribution is 5.83. The van der Waals surface area contributed by atoms with Crippen LogP contribution in [0.15, 0.2) is 24.3 Å². The lowest BCUT2D eigenvalue weighted by Crippen LogP contribution is -2.52. The van der Waals surface area contributed by atoms with E-state index in [1.165, 1.54) is 4.90 Å². The van der Waals surface area contributed by atoms with Gasteiger partial charge in [0.05, 0.1) is 0 Å². The van der Waals surface area contributed by atoms with E-state index in [-0.39, 0.29) is 6.03 Å². The Bertz CT molecular complexity index is 516. The number of benzene rings is 1. The van der Waals surface area contributed by atoms with Gasteiger partial charge in [-0.2, -0.15) is 0 Å². The molecule has 1 aliphatic heterocycles. The lowest BCUT2D eigenvalue weighted by Gasteiger charge is -2.34. The molecular formula is C16H22N2O3. The maximum absolute atomic E-state index is 12.2. The molecule has 0 saturated heterocycles. The largest absolute Gasteiger partial charge is 0.480 e. The van der Waals surface area contributed by atoms with Gasteiger partial charge in [0.1, 0.15) is 6.04 Å². The highest BCUT2D eigenvalue weighted by Gasteiger charge is 2.34. The maximum atomic E-state index is 12.2. The predicted octanol–water partition coefficient (Wildman–Crippen LogP) is 2.40. The summed E-state index contributed by atoms with van der Waals surface area (Å²) in [6.45, 7) is 3.05. The fourth-order valence-corrected chi connectivity index (χ4v) is 2.63. The number of carbonyl (C=O) groups excluding carboxylic acids is 1. The van der Waals surface area contributed by atoms with Crippen LogP contribution in [0.2, 0.25) is 0 Å². The Morgan fingerprint density at radius 1 is 1.29 bits per heavy atom. The second-order valence-corrected chi connectivity index (χ2v) is 5.39. The number of nitrogens with one attached hydrogen (secondary N) is 1. The van der Waals surface area contributed by atoms with E-state index in [9.17, 15) is 14.7 Å². The van der Waals surface area contributed by atoms with Crippen LogP contribution in [-0.2, 0) is 17.8 Å². The fourth-order valence-electron chi connectivity index (χ4n) is 2.63. The SMILES string of the molecule is CCCCCNC(=O)N1Cc2ccccc2C[C@@H]1C(=O)O. The van der Waals surface area contributed by atoms with Crippen molar-refractivity contribution in [3.63, 3.8) is 0 Å². The molecule has 1 heterocycles. The number of carbonyl (C=O) groups is 2. The van der Waals surface area contributed by atoms with E-state index in [0.717, 1.165) is 30.4 Å². The number of urea groups is 1. The van der Waals surface area contributed by atoms with Crippen molar-refractivity contribution < 1.29 is 14.7 Å². The number of hydrogen-bond donors (Lipinski definition) is 2. The number of aliphatic carboxylic acids is 1. The minimum Gasteiger partial charge on any atom is -0.480 e. The van der Waals surface area contributed by atoms with E-state index in [0.29, 0.717) is 19.5 Å². The van der Waals surface area contributed by atoms with Gasteiger partial charge in [0.15, 0.2) is 0 Å². The van der Waals surface area contributed by atoms with Crippen molar-refractivity contribution in [2.45, 2.75) is 45.2 Å². The lowest BCUT2D eigenvalue weighted by molar-refractivity contribution is -0.142. The fraction of sp³-hybridized carbons (Fsp3) is 0.500. The third-order valence-corrected chi connectivity index (χ3v) is 3.85. The van der Waals surface area contributed by atoms with Crippen molar-refractivity contribution >= 4 is 12.0 Å². The van der Waals surface area contributed by atoms with Gasteiger partial charge in [0.2, 0.25) is 0 Å². The van der Waals surface area contributed by atoms with Gasteiger partial charge in [0.25, 0.3) is 0 Å². The summed E-state index contributed by atoms with van der Waals surface area (Å²) in [6, 6.07) is 6.63. The summed E-state index contributed by atoms with van der Waals surface area (Å²) >= 11 is 0. The molecule has 2 N–H and O–H groups in total. The van der Waals surface area contributed by atoms with Crippen molar-refractivity contribution in [2.24, 2.45) is 0 Å². The Balaban J connectivity index is 2.06. The molecule has 0 aliphatic carbocycles. The number of fused-ring (bicyclic) bond motifs is 1. The van der Waals surface area contributed by atoms with Crippen LogP contribution in [-0.4, -0.2) is 34.6 Å². The van der Waals surface area contributed by atoms with Gasteiger partial charge in [-0.25, -0.2) is 9.59 Å². The molecule has 0 spiro atoms. The zero-order valence-electron chi connectivity index (χ0n) is 12.3. The highest BCUT2D eigenvalue weighted by Crippen LogP contribution is 2.23. The van der Waals surface area contributed by atoms with E-state index >= 15 is 0 Å². The molecule has 114 valence electrons. The summed E-state index contributed by atoms with van der Waals surface area (Å²) in [5.41, 5.74) is 2.04. The summed E-state index contributed by atoms with van der Waals surface area (Å²) < 4.78 is 0. The number of carboxylic acid groups (broad SMARTS) is 1. The number of nitrogens with zero attached hydrogens (tertiary/aromatic N) is 1. The molecular weight excluding hydrogens is 268 g/mol. The zero-order valence-corrected chi connectivity index (χ0v) is 12.3. The molecule has 1 aromatic rings. The zero-order chi connectivity index (χ0) is 15.2. The Morgan fingerprint density at radius 2 is 2.00 bits per heavy atom. The average Bonchev–Trinajstić information content (AvgIpc) is 2.50. The molecule has 21 heavy (non-hydrogen) atoms. The molecule has 0 unspecified atom stereocenters. The Morgan fingerprint density at radius 3 is 2.67 bits per heavy atom. The smallest absolute Gasteiger partial charge is 0.326 e. The van der Waals surface area contributed by atoms with Crippen LogP contribution in [0.5, 0.6) is 0 Å². The van der Waals surface area contributed by atoms with Gasteiger partial charge >= 0.3 is 12.0 Å². The van der Waals surface area contributed by atoms with Crippen LogP contribution < -0.4 is 5.32 Å². The number of rotatable bonds is 5. The quantitative estimate of drug-likeness (QED) is 0.818. The first kappa shape index (κ1) is 15.4. The first-order chi connectivity index (χ1) is 10.1. The van der Waals surface area contributed by atoms with E-state index in [4.69, 9.17) is 0 Å². The second kappa shape index (κ2) is 7.11. The summed E-state index contributed by atoms with van der Waals surface area (Å²) in [5.74, 6) is -0.951. The van der Waals surface area contributed by atoms with Gasteiger partial charge in [0, 0.05) is 19.5 Å². The van der Waals surface area contributed by atoms with Crippen molar-refractivity contribution in [3.8, 4) is 0 Å². The second-order valence-electron chi connectivity index (χ2n) is 5.39. The number of amides is 2. The topological polar surface area (TPSA) is 69.6 Å². The molecule has 5 heteroatoms. The summed E-state index contributed by atoms with van der Waals surface area (Å²) in [4.78, 5) is 25.1. The minimum absolute atomic E-state index is 0.284. The summed E-state index contributed by atoms with van der Waals surface area (Å²) in [7, 11) is 0. The van der Waals surface area contributed by atoms with Gasteiger partial charge in [-0.3, -0.25) is 0 Å². The van der Waals surface area contributed by atoms with E-state index in [1.54, 1.807) is 0 Å². The van der Waals surface area contributed by atoms with Crippen LogP contribution in [0.25, 0.3) is 0 Å². The Hall–Kier alpha value is -2.04. The van der Waals surface area contributed by atoms with Crippen LogP contribution in [0.3, 0.4) is 0 Å². The van der Waals surface area contributed by atoms with Crippen LogP contribution in [0.4, 0.5) is 4.79 Å². The average molecular weight is 290 g/mol. The van der Waals surface area contributed by atoms with Gasteiger partial charge < -0.3 is 15.3 Å². The summed E-state index contributed by atoms with van der Waals surface area (Å²) in [5, 5.41) is 12.2. The molecule has 0 radical (unpaired) electrons.